The molecular formula is C20H22BrNO3. The molecule has 0 aliphatic heterocycles. The van der Waals surface area contributed by atoms with Crippen LogP contribution in [0.25, 0.3) is 0 Å². The summed E-state index contributed by atoms with van der Waals surface area (Å²) in [6, 6.07) is 15.9. The largest absolute Gasteiger partial charge is 0.466 e. The third kappa shape index (κ3) is 6.03. The molecule has 0 amide bonds. The average Bonchev–Trinajstić information content (AvgIpc) is 2.65. The van der Waals surface area contributed by atoms with E-state index < -0.39 is 0 Å². The minimum Gasteiger partial charge on any atom is -0.466 e. The van der Waals surface area contributed by atoms with Crippen molar-refractivity contribution in [2.75, 3.05) is 25.1 Å². The number of hydrogen-bond donors (Lipinski definition) is 1. The summed E-state index contributed by atoms with van der Waals surface area (Å²) >= 11 is 3.58. The zero-order valence-corrected chi connectivity index (χ0v) is 15.8. The van der Waals surface area contributed by atoms with Crippen molar-refractivity contribution in [3.05, 3.63) is 76.3 Å². The summed E-state index contributed by atoms with van der Waals surface area (Å²) in [5, 5.41) is 9.37. The molecule has 0 radical (unpaired) electrons. The molecule has 0 bridgehead atoms. The van der Waals surface area contributed by atoms with Crippen molar-refractivity contribution in [2.45, 2.75) is 13.0 Å². The van der Waals surface area contributed by atoms with Crippen LogP contribution < -0.4 is 4.90 Å². The molecule has 0 fully saturated rings. The molecule has 0 aromatic heterocycles. The second kappa shape index (κ2) is 10.0. The third-order valence-corrected chi connectivity index (χ3v) is 4.62. The fourth-order valence-electron chi connectivity index (χ4n) is 2.48. The number of hydrogen-bond acceptors (Lipinski definition) is 4. The summed E-state index contributed by atoms with van der Waals surface area (Å²) in [7, 11) is 1.36. The molecule has 0 spiro atoms. The summed E-state index contributed by atoms with van der Waals surface area (Å²) in [5.41, 5.74) is 3.09. The fourth-order valence-corrected chi connectivity index (χ4v) is 2.96. The summed E-state index contributed by atoms with van der Waals surface area (Å²) in [6.07, 6.45) is 4.08. The average molecular weight is 404 g/mol. The third-order valence-electron chi connectivity index (χ3n) is 3.85. The molecule has 1 N–H and O–H groups in total. The Labute approximate surface area is 156 Å². The summed E-state index contributed by atoms with van der Waals surface area (Å²) < 4.78 is 5.72. The van der Waals surface area contributed by atoms with E-state index in [0.29, 0.717) is 6.54 Å². The van der Waals surface area contributed by atoms with Crippen molar-refractivity contribution in [3.63, 3.8) is 0 Å². The predicted molar refractivity (Wildman–Crippen MR) is 104 cm³/mol. The van der Waals surface area contributed by atoms with Gasteiger partial charge >= 0.3 is 5.97 Å². The second-order valence-electron chi connectivity index (χ2n) is 5.54. The van der Waals surface area contributed by atoms with Gasteiger partial charge in [0.05, 0.1) is 13.7 Å². The highest BCUT2D eigenvalue weighted by Crippen LogP contribution is 2.20. The van der Waals surface area contributed by atoms with Crippen LogP contribution in [0.3, 0.4) is 0 Å². The molecule has 5 heteroatoms. The van der Waals surface area contributed by atoms with Crippen LogP contribution in [-0.4, -0.2) is 31.3 Å². The highest BCUT2D eigenvalue weighted by Gasteiger charge is 2.08. The van der Waals surface area contributed by atoms with Gasteiger partial charge in [0.15, 0.2) is 0 Å². The van der Waals surface area contributed by atoms with Crippen LogP contribution in [0.4, 0.5) is 5.69 Å². The first-order valence-electron chi connectivity index (χ1n) is 8.06. The molecule has 2 aromatic carbocycles. The summed E-state index contributed by atoms with van der Waals surface area (Å²) in [6.45, 7) is 1.36. The lowest BCUT2D eigenvalue weighted by atomic mass is 10.1. The van der Waals surface area contributed by atoms with Crippen LogP contribution in [0.1, 0.15) is 11.1 Å². The van der Waals surface area contributed by atoms with Crippen molar-refractivity contribution >= 4 is 27.6 Å². The molecule has 0 atom stereocenters. The number of aliphatic hydroxyl groups excluding tert-OH is 1. The molecule has 0 saturated heterocycles. The number of esters is 1. The normalized spacial score (nSPS) is 10.8. The number of rotatable bonds is 8. The van der Waals surface area contributed by atoms with E-state index >= 15 is 0 Å². The lowest BCUT2D eigenvalue weighted by Crippen LogP contribution is -2.26. The number of benzene rings is 2. The van der Waals surface area contributed by atoms with Crippen molar-refractivity contribution in [3.8, 4) is 0 Å². The van der Waals surface area contributed by atoms with Gasteiger partial charge in [-0.1, -0.05) is 52.3 Å². The zero-order chi connectivity index (χ0) is 18.1. The van der Waals surface area contributed by atoms with Crippen molar-refractivity contribution in [1.29, 1.82) is 0 Å². The lowest BCUT2D eigenvalue weighted by molar-refractivity contribution is -0.134. The van der Waals surface area contributed by atoms with Gasteiger partial charge in [-0.3, -0.25) is 0 Å². The molecule has 0 aliphatic carbocycles. The van der Waals surface area contributed by atoms with Gasteiger partial charge in [-0.25, -0.2) is 4.79 Å². The Balaban J connectivity index is 2.14. The Morgan fingerprint density at radius 1 is 1.24 bits per heavy atom. The number of ether oxygens (including phenoxy) is 1. The monoisotopic (exact) mass is 403 g/mol. The van der Waals surface area contributed by atoms with E-state index in [1.165, 1.54) is 18.7 Å². The standard InChI is InChI=1S/C20H22BrNO3/c1-25-20(24)10-5-12-22(18-8-4-6-16(14-18)15-23)13-11-17-7-2-3-9-19(17)21/h2-10,14,23H,11-13,15H2,1H3. The molecule has 0 heterocycles. The molecule has 4 nitrogen and oxygen atoms in total. The Kier molecular flexibility index (Phi) is 7.70. The van der Waals surface area contributed by atoms with Crippen LogP contribution in [0.5, 0.6) is 0 Å². The van der Waals surface area contributed by atoms with E-state index in [2.05, 4.69) is 31.6 Å². The number of carbonyl (C=O) groups is 1. The molecule has 2 aromatic rings. The second-order valence-corrected chi connectivity index (χ2v) is 6.40. The maximum absolute atomic E-state index is 11.3. The number of methoxy groups -OCH3 is 1. The summed E-state index contributed by atoms with van der Waals surface area (Å²) in [4.78, 5) is 13.5. The lowest BCUT2D eigenvalue weighted by Gasteiger charge is -2.24. The minimum absolute atomic E-state index is 0.00388. The number of carbonyl (C=O) groups excluding carboxylic acids is 1. The SMILES string of the molecule is COC(=O)C=CCN(CCc1ccccc1Br)c1cccc(CO)c1. The highest BCUT2D eigenvalue weighted by molar-refractivity contribution is 9.10. The summed E-state index contributed by atoms with van der Waals surface area (Å²) in [5.74, 6) is -0.366. The van der Waals surface area contributed by atoms with Crippen LogP contribution in [0.15, 0.2) is 65.2 Å². The predicted octanol–water partition coefficient (Wildman–Crippen LogP) is 3.72. The Bertz CT molecular complexity index is 730. The van der Waals surface area contributed by atoms with Crippen LogP contribution >= 0.6 is 15.9 Å². The van der Waals surface area contributed by atoms with Gasteiger partial charge in [0.1, 0.15) is 0 Å². The van der Waals surface area contributed by atoms with E-state index in [4.69, 9.17) is 0 Å². The smallest absolute Gasteiger partial charge is 0.330 e. The Morgan fingerprint density at radius 3 is 2.76 bits per heavy atom. The van der Waals surface area contributed by atoms with Gasteiger partial charge in [-0.2, -0.15) is 0 Å². The molecule has 0 aliphatic rings. The van der Waals surface area contributed by atoms with E-state index in [9.17, 15) is 9.90 Å². The number of anilines is 1. The Hall–Kier alpha value is -2.11. The van der Waals surface area contributed by atoms with Crippen LogP contribution in [-0.2, 0) is 22.6 Å². The van der Waals surface area contributed by atoms with E-state index in [-0.39, 0.29) is 12.6 Å². The highest BCUT2D eigenvalue weighted by atomic mass is 79.9. The quantitative estimate of drug-likeness (QED) is 0.538. The number of aliphatic hydroxyl groups is 1. The van der Waals surface area contributed by atoms with Gasteiger partial charge in [0, 0.05) is 29.3 Å². The number of nitrogens with zero attached hydrogens (tertiary/aromatic N) is 1. The van der Waals surface area contributed by atoms with E-state index in [1.54, 1.807) is 6.08 Å². The van der Waals surface area contributed by atoms with Gasteiger partial charge in [0.2, 0.25) is 0 Å². The maximum Gasteiger partial charge on any atom is 0.330 e. The fraction of sp³-hybridized carbons (Fsp3) is 0.250. The van der Waals surface area contributed by atoms with Crippen molar-refractivity contribution in [1.82, 2.24) is 0 Å². The molecule has 132 valence electrons. The van der Waals surface area contributed by atoms with Crippen molar-refractivity contribution in [2.24, 2.45) is 0 Å². The minimum atomic E-state index is -0.366. The zero-order valence-electron chi connectivity index (χ0n) is 14.2. The first-order valence-corrected chi connectivity index (χ1v) is 8.86. The van der Waals surface area contributed by atoms with Crippen LogP contribution in [0.2, 0.25) is 0 Å². The van der Waals surface area contributed by atoms with Gasteiger partial charge in [-0.15, -0.1) is 0 Å². The molecule has 2 rings (SSSR count). The van der Waals surface area contributed by atoms with E-state index in [0.717, 1.165) is 28.7 Å². The maximum atomic E-state index is 11.3. The molecular weight excluding hydrogens is 382 g/mol. The molecule has 25 heavy (non-hydrogen) atoms. The Morgan fingerprint density at radius 2 is 2.04 bits per heavy atom. The number of halogens is 1. The molecule has 0 unspecified atom stereocenters. The first-order chi connectivity index (χ1) is 12.1. The molecule has 0 saturated carbocycles. The van der Waals surface area contributed by atoms with Gasteiger partial charge < -0.3 is 14.7 Å². The van der Waals surface area contributed by atoms with Crippen molar-refractivity contribution < 1.29 is 14.6 Å². The van der Waals surface area contributed by atoms with Gasteiger partial charge in [-0.05, 0) is 35.7 Å². The van der Waals surface area contributed by atoms with E-state index in [1.807, 2.05) is 42.5 Å². The first kappa shape index (κ1) is 19.2. The topological polar surface area (TPSA) is 49.8 Å². The van der Waals surface area contributed by atoms with Gasteiger partial charge in [0.25, 0.3) is 0 Å². The van der Waals surface area contributed by atoms with Crippen LogP contribution in [0, 0.1) is 0 Å².